The van der Waals surface area contributed by atoms with Crippen molar-refractivity contribution in [2.24, 2.45) is 0 Å². The number of carbonyl (C=O) groups excluding carboxylic acids is 1. The standard InChI is InChI=1S/C31H29ClN6O2/c1-40-28-5-3-2-4-23(28)26-18-36-30-24(26)15-22(17-35-30)21-14-25(29(33)27(32)16-21)31(39)38-12-10-37(11-13-38)19-20-6-8-34-9-7-20/h2-9,14-18H,10-13,19,33H2,1H3,(H,35,36). The fraction of sp³-hybridized carbons (Fsp3) is 0.194. The Hall–Kier alpha value is -4.40. The molecular weight excluding hydrogens is 524 g/mol. The predicted octanol–water partition coefficient (Wildman–Crippen LogP) is 5.49. The SMILES string of the molecule is COc1ccccc1-c1c[nH]c2ncc(-c3cc(Cl)c(N)c(C(=O)N4CCN(Cc5ccncc5)CC4)c3)cc12. The Kier molecular flexibility index (Phi) is 7.11. The molecule has 1 saturated heterocycles. The van der Waals surface area contributed by atoms with Crippen LogP contribution in [0.1, 0.15) is 15.9 Å². The molecule has 8 nitrogen and oxygen atoms in total. The van der Waals surface area contributed by atoms with Crippen molar-refractivity contribution in [1.82, 2.24) is 24.8 Å². The number of halogens is 1. The van der Waals surface area contributed by atoms with Gasteiger partial charge in [0.1, 0.15) is 11.4 Å². The van der Waals surface area contributed by atoms with Gasteiger partial charge in [0.25, 0.3) is 5.91 Å². The van der Waals surface area contributed by atoms with Gasteiger partial charge in [-0.25, -0.2) is 4.98 Å². The molecule has 1 fully saturated rings. The lowest BCUT2D eigenvalue weighted by molar-refractivity contribution is 0.0629. The van der Waals surface area contributed by atoms with E-state index in [0.717, 1.165) is 58.7 Å². The van der Waals surface area contributed by atoms with Gasteiger partial charge in [-0.05, 0) is 47.5 Å². The maximum absolute atomic E-state index is 13.6. The number of aromatic nitrogens is 3. The first kappa shape index (κ1) is 25.9. The Morgan fingerprint density at radius 1 is 1.02 bits per heavy atom. The van der Waals surface area contributed by atoms with Gasteiger partial charge < -0.3 is 20.4 Å². The summed E-state index contributed by atoms with van der Waals surface area (Å²) in [6.45, 7) is 3.62. The number of rotatable bonds is 6. The van der Waals surface area contributed by atoms with Gasteiger partial charge >= 0.3 is 0 Å². The van der Waals surface area contributed by atoms with E-state index in [-0.39, 0.29) is 5.91 Å². The highest BCUT2D eigenvalue weighted by Gasteiger charge is 2.25. The Labute approximate surface area is 237 Å². The molecule has 0 spiro atoms. The summed E-state index contributed by atoms with van der Waals surface area (Å²) in [6.07, 6.45) is 7.31. The largest absolute Gasteiger partial charge is 0.496 e. The van der Waals surface area contributed by atoms with Crippen molar-refractivity contribution in [1.29, 1.82) is 0 Å². The Morgan fingerprint density at radius 3 is 2.58 bits per heavy atom. The second-order valence-corrected chi connectivity index (χ2v) is 10.3. The van der Waals surface area contributed by atoms with E-state index in [1.54, 1.807) is 31.8 Å². The van der Waals surface area contributed by atoms with E-state index in [0.29, 0.717) is 29.4 Å². The Morgan fingerprint density at radius 2 is 1.80 bits per heavy atom. The summed E-state index contributed by atoms with van der Waals surface area (Å²) in [6, 6.07) is 17.6. The van der Waals surface area contributed by atoms with Crippen molar-refractivity contribution in [3.05, 3.63) is 95.5 Å². The lowest BCUT2D eigenvalue weighted by atomic mass is 9.99. The van der Waals surface area contributed by atoms with E-state index >= 15 is 0 Å². The fourth-order valence-electron chi connectivity index (χ4n) is 5.24. The highest BCUT2D eigenvalue weighted by atomic mass is 35.5. The summed E-state index contributed by atoms with van der Waals surface area (Å²) in [7, 11) is 1.66. The van der Waals surface area contributed by atoms with Gasteiger partial charge in [-0.2, -0.15) is 0 Å². The topological polar surface area (TPSA) is 100 Å². The van der Waals surface area contributed by atoms with Crippen molar-refractivity contribution in [2.45, 2.75) is 6.54 Å². The van der Waals surface area contributed by atoms with Crippen molar-refractivity contribution < 1.29 is 9.53 Å². The monoisotopic (exact) mass is 552 g/mol. The van der Waals surface area contributed by atoms with Crippen LogP contribution in [0.3, 0.4) is 0 Å². The van der Waals surface area contributed by atoms with E-state index in [2.05, 4.69) is 25.9 Å². The number of anilines is 1. The maximum atomic E-state index is 13.6. The molecule has 0 saturated carbocycles. The van der Waals surface area contributed by atoms with Gasteiger partial charge in [-0.3, -0.25) is 14.7 Å². The molecule has 1 aliphatic rings. The lowest BCUT2D eigenvalue weighted by Crippen LogP contribution is -2.48. The molecule has 0 unspecified atom stereocenters. The van der Waals surface area contributed by atoms with Gasteiger partial charge in [0.2, 0.25) is 0 Å². The number of nitrogens with zero attached hydrogens (tertiary/aromatic N) is 4. The van der Waals surface area contributed by atoms with Crippen LogP contribution in [0.2, 0.25) is 5.02 Å². The van der Waals surface area contributed by atoms with Crippen molar-refractivity contribution in [3.63, 3.8) is 0 Å². The number of nitrogen functional groups attached to an aromatic ring is 1. The molecule has 40 heavy (non-hydrogen) atoms. The molecule has 5 aromatic rings. The van der Waals surface area contributed by atoms with Gasteiger partial charge in [-0.15, -0.1) is 0 Å². The molecule has 3 aromatic heterocycles. The molecule has 0 bridgehead atoms. The molecule has 202 valence electrons. The summed E-state index contributed by atoms with van der Waals surface area (Å²) >= 11 is 6.58. The quantitative estimate of drug-likeness (QED) is 0.270. The smallest absolute Gasteiger partial charge is 0.256 e. The number of para-hydroxylation sites is 1. The third-order valence-electron chi connectivity index (χ3n) is 7.44. The van der Waals surface area contributed by atoms with Crippen LogP contribution in [0.15, 0.2) is 79.4 Å². The van der Waals surface area contributed by atoms with Crippen LogP contribution in [-0.2, 0) is 6.54 Å². The minimum absolute atomic E-state index is 0.116. The van der Waals surface area contributed by atoms with Gasteiger partial charge in [-0.1, -0.05) is 29.8 Å². The Balaban J connectivity index is 1.27. The van der Waals surface area contributed by atoms with Gasteiger partial charge in [0.15, 0.2) is 0 Å². The Bertz CT molecular complexity index is 1680. The summed E-state index contributed by atoms with van der Waals surface area (Å²) in [5, 5.41) is 1.28. The first-order valence-electron chi connectivity index (χ1n) is 13.1. The first-order valence-corrected chi connectivity index (χ1v) is 13.5. The summed E-state index contributed by atoms with van der Waals surface area (Å²) in [5.41, 5.74) is 12.6. The number of piperazine rings is 1. The number of ether oxygens (including phenoxy) is 1. The van der Waals surface area contributed by atoms with Crippen LogP contribution in [-0.4, -0.2) is 63.9 Å². The van der Waals surface area contributed by atoms with Crippen LogP contribution in [0.4, 0.5) is 5.69 Å². The van der Waals surface area contributed by atoms with Crippen LogP contribution in [0, 0.1) is 0 Å². The molecule has 0 radical (unpaired) electrons. The zero-order chi connectivity index (χ0) is 27.6. The number of nitrogens with one attached hydrogen (secondary N) is 1. The second kappa shape index (κ2) is 11.0. The molecule has 6 rings (SSSR count). The molecular formula is C31H29ClN6O2. The highest BCUT2D eigenvalue weighted by Crippen LogP contribution is 2.37. The van der Waals surface area contributed by atoms with Crippen LogP contribution < -0.4 is 10.5 Å². The number of methoxy groups -OCH3 is 1. The number of H-pyrrole nitrogens is 1. The number of benzene rings is 2. The van der Waals surface area contributed by atoms with Crippen molar-refractivity contribution in [2.75, 3.05) is 39.0 Å². The number of amides is 1. The average molecular weight is 553 g/mol. The molecule has 1 aliphatic heterocycles. The minimum atomic E-state index is -0.116. The average Bonchev–Trinajstić information content (AvgIpc) is 3.42. The summed E-state index contributed by atoms with van der Waals surface area (Å²) < 4.78 is 5.58. The van der Waals surface area contributed by atoms with Crippen molar-refractivity contribution >= 4 is 34.2 Å². The fourth-order valence-corrected chi connectivity index (χ4v) is 5.46. The third kappa shape index (κ3) is 4.99. The van der Waals surface area contributed by atoms with E-state index in [4.69, 9.17) is 22.1 Å². The molecule has 0 aliphatic carbocycles. The van der Waals surface area contributed by atoms with Gasteiger partial charge in [0.05, 0.1) is 23.4 Å². The molecule has 4 heterocycles. The molecule has 1 amide bonds. The van der Waals surface area contributed by atoms with Crippen LogP contribution >= 0.6 is 11.6 Å². The number of pyridine rings is 2. The predicted molar refractivity (Wildman–Crippen MR) is 158 cm³/mol. The van der Waals surface area contributed by atoms with E-state index in [1.165, 1.54) is 5.56 Å². The maximum Gasteiger partial charge on any atom is 0.256 e. The molecule has 2 aromatic carbocycles. The van der Waals surface area contributed by atoms with E-state index < -0.39 is 0 Å². The third-order valence-corrected chi connectivity index (χ3v) is 7.75. The number of nitrogens with two attached hydrogens (primary N) is 1. The number of fused-ring (bicyclic) bond motifs is 1. The first-order chi connectivity index (χ1) is 19.5. The normalized spacial score (nSPS) is 14.0. The van der Waals surface area contributed by atoms with Crippen LogP contribution in [0.5, 0.6) is 5.75 Å². The summed E-state index contributed by atoms with van der Waals surface area (Å²) in [5.74, 6) is 0.660. The molecule has 9 heteroatoms. The minimum Gasteiger partial charge on any atom is -0.496 e. The number of aromatic amines is 1. The van der Waals surface area contributed by atoms with E-state index in [1.807, 2.05) is 53.6 Å². The number of hydrogen-bond donors (Lipinski definition) is 2. The van der Waals surface area contributed by atoms with Gasteiger partial charge in [0, 0.05) is 79.6 Å². The zero-order valence-electron chi connectivity index (χ0n) is 22.1. The highest BCUT2D eigenvalue weighted by molar-refractivity contribution is 6.34. The second-order valence-electron chi connectivity index (χ2n) is 9.87. The summed E-state index contributed by atoms with van der Waals surface area (Å²) in [4.78, 5) is 29.8. The number of carbonyl (C=O) groups is 1. The van der Waals surface area contributed by atoms with Crippen molar-refractivity contribution in [3.8, 4) is 28.0 Å². The van der Waals surface area contributed by atoms with Crippen LogP contribution in [0.25, 0.3) is 33.3 Å². The zero-order valence-corrected chi connectivity index (χ0v) is 22.9. The molecule has 3 N–H and O–H groups in total. The van der Waals surface area contributed by atoms with E-state index in [9.17, 15) is 4.79 Å². The number of hydrogen-bond acceptors (Lipinski definition) is 6. The molecule has 0 atom stereocenters. The lowest BCUT2D eigenvalue weighted by Gasteiger charge is -2.35.